The first-order chi connectivity index (χ1) is 27.0. The Morgan fingerprint density at radius 3 is 1.22 bits per heavy atom. The van der Waals surface area contributed by atoms with Gasteiger partial charge in [0.05, 0.1) is 0 Å². The molecule has 0 amide bonds. The molecule has 0 N–H and O–H groups in total. The molecule has 0 radical (unpaired) electrons. The van der Waals surface area contributed by atoms with E-state index >= 15 is 0 Å². The minimum atomic E-state index is -0.790. The first-order valence-corrected chi connectivity index (χ1v) is 22.8. The lowest BCUT2D eigenvalue weighted by Gasteiger charge is -2.18. The van der Waals surface area contributed by atoms with Crippen molar-refractivity contribution in [1.29, 1.82) is 0 Å². The largest absolute Gasteiger partial charge is 0.462 e. The number of carbonyl (C=O) groups excluding carboxylic acids is 3. The topological polar surface area (TPSA) is 78.9 Å². The number of ether oxygens (including phenoxy) is 3. The van der Waals surface area contributed by atoms with E-state index in [4.69, 9.17) is 14.2 Å². The highest BCUT2D eigenvalue weighted by molar-refractivity contribution is 5.71. The van der Waals surface area contributed by atoms with Crippen LogP contribution in [0, 0.1) is 0 Å². The Labute approximate surface area is 339 Å². The molecular weight excluding hydrogens is 685 g/mol. The number of carbonyl (C=O) groups is 3. The second-order valence-corrected chi connectivity index (χ2v) is 14.9. The van der Waals surface area contributed by atoms with Gasteiger partial charge >= 0.3 is 17.9 Å². The minimum absolute atomic E-state index is 0.0898. The average molecular weight is 769 g/mol. The van der Waals surface area contributed by atoms with Crippen molar-refractivity contribution in [2.75, 3.05) is 13.2 Å². The van der Waals surface area contributed by atoms with E-state index < -0.39 is 6.10 Å². The van der Waals surface area contributed by atoms with Crippen LogP contribution in [-0.4, -0.2) is 37.2 Å². The Hall–Kier alpha value is -2.89. The number of unbranched alkanes of at least 4 members (excludes halogenated alkanes) is 19. The maximum Gasteiger partial charge on any atom is 0.306 e. The Morgan fingerprint density at radius 1 is 0.382 bits per heavy atom. The Morgan fingerprint density at radius 2 is 0.727 bits per heavy atom. The predicted octanol–water partition coefficient (Wildman–Crippen LogP) is 14.5. The van der Waals surface area contributed by atoms with Gasteiger partial charge < -0.3 is 14.2 Å². The highest BCUT2D eigenvalue weighted by atomic mass is 16.6. The molecule has 0 saturated carbocycles. The summed E-state index contributed by atoms with van der Waals surface area (Å²) < 4.78 is 16.7. The van der Waals surface area contributed by atoms with Crippen molar-refractivity contribution in [1.82, 2.24) is 0 Å². The van der Waals surface area contributed by atoms with Crippen LogP contribution in [0.15, 0.2) is 60.8 Å². The zero-order chi connectivity index (χ0) is 40.1. The molecule has 0 aromatic rings. The van der Waals surface area contributed by atoms with Crippen LogP contribution in [0.25, 0.3) is 0 Å². The van der Waals surface area contributed by atoms with Gasteiger partial charge in [-0.25, -0.2) is 0 Å². The van der Waals surface area contributed by atoms with Crippen LogP contribution in [0.2, 0.25) is 0 Å². The molecule has 6 nitrogen and oxygen atoms in total. The molecule has 316 valence electrons. The van der Waals surface area contributed by atoms with Crippen molar-refractivity contribution in [2.24, 2.45) is 0 Å². The summed E-state index contributed by atoms with van der Waals surface area (Å²) in [5, 5.41) is 0. The summed E-state index contributed by atoms with van der Waals surface area (Å²) in [5.41, 5.74) is 0. The van der Waals surface area contributed by atoms with Gasteiger partial charge in [0.1, 0.15) is 13.2 Å². The Bertz CT molecular complexity index is 1020. The first kappa shape index (κ1) is 52.1. The van der Waals surface area contributed by atoms with Gasteiger partial charge in [-0.15, -0.1) is 0 Å². The molecule has 0 aliphatic heterocycles. The molecule has 0 bridgehead atoms. The Balaban J connectivity index is 4.45. The lowest BCUT2D eigenvalue weighted by molar-refractivity contribution is -0.167. The quantitative estimate of drug-likeness (QED) is 0.0267. The first-order valence-electron chi connectivity index (χ1n) is 22.8. The summed E-state index contributed by atoms with van der Waals surface area (Å²) in [4.78, 5) is 37.7. The highest BCUT2D eigenvalue weighted by Crippen LogP contribution is 2.14. The summed E-state index contributed by atoms with van der Waals surface area (Å²) >= 11 is 0. The molecule has 0 spiro atoms. The number of rotatable bonds is 40. The van der Waals surface area contributed by atoms with E-state index in [9.17, 15) is 14.4 Å². The van der Waals surface area contributed by atoms with E-state index in [0.29, 0.717) is 19.3 Å². The maximum atomic E-state index is 12.7. The standard InChI is InChI=1S/C49H84O6/c1-4-7-10-13-16-19-22-23-24-25-28-30-33-36-39-42-48(51)54-45-46(55-49(52)43-40-37-34-31-27-21-18-15-12-9-6-3)44-53-47(50)41-38-35-32-29-26-20-17-14-11-8-5-2/h7,10,15-16,18-19,23-24,28,30,46H,4-6,8-9,11-14,17,20-22,25-27,29,31-45H2,1-3H3/b10-7-,18-15-,19-16-,24-23-,30-28-/t46-/m1/s1. The molecule has 1 atom stereocenters. The molecule has 0 aromatic carbocycles. The van der Waals surface area contributed by atoms with Crippen LogP contribution in [0.1, 0.15) is 213 Å². The van der Waals surface area contributed by atoms with E-state index in [0.717, 1.165) is 96.3 Å². The molecule has 0 aliphatic rings. The van der Waals surface area contributed by atoms with Gasteiger partial charge in [-0.1, -0.05) is 178 Å². The molecule has 0 fully saturated rings. The number of allylic oxidation sites excluding steroid dienone is 10. The van der Waals surface area contributed by atoms with Crippen molar-refractivity contribution >= 4 is 17.9 Å². The molecule has 0 unspecified atom stereocenters. The maximum absolute atomic E-state index is 12.7. The van der Waals surface area contributed by atoms with Gasteiger partial charge in [0, 0.05) is 19.3 Å². The van der Waals surface area contributed by atoms with Crippen molar-refractivity contribution in [2.45, 2.75) is 219 Å². The van der Waals surface area contributed by atoms with Crippen LogP contribution in [0.5, 0.6) is 0 Å². The van der Waals surface area contributed by atoms with Gasteiger partial charge in [-0.3, -0.25) is 14.4 Å². The van der Waals surface area contributed by atoms with E-state index in [1.165, 1.54) is 77.0 Å². The lowest BCUT2D eigenvalue weighted by Crippen LogP contribution is -2.30. The summed E-state index contributed by atoms with van der Waals surface area (Å²) in [6.07, 6.45) is 52.0. The van der Waals surface area contributed by atoms with Crippen molar-refractivity contribution < 1.29 is 28.6 Å². The fourth-order valence-electron chi connectivity index (χ4n) is 6.06. The van der Waals surface area contributed by atoms with Crippen LogP contribution in [0.3, 0.4) is 0 Å². The molecule has 0 saturated heterocycles. The average Bonchev–Trinajstić information content (AvgIpc) is 3.18. The van der Waals surface area contributed by atoms with Gasteiger partial charge in [0.25, 0.3) is 0 Å². The van der Waals surface area contributed by atoms with E-state index in [-0.39, 0.29) is 31.1 Å². The van der Waals surface area contributed by atoms with Gasteiger partial charge in [-0.2, -0.15) is 0 Å². The smallest absolute Gasteiger partial charge is 0.306 e. The predicted molar refractivity (Wildman–Crippen MR) is 233 cm³/mol. The molecule has 0 heterocycles. The lowest BCUT2D eigenvalue weighted by atomic mass is 10.1. The zero-order valence-electron chi connectivity index (χ0n) is 35.9. The number of hydrogen-bond acceptors (Lipinski definition) is 6. The highest BCUT2D eigenvalue weighted by Gasteiger charge is 2.19. The minimum Gasteiger partial charge on any atom is -0.462 e. The molecular formula is C49H84O6. The summed E-state index contributed by atoms with van der Waals surface area (Å²) in [6, 6.07) is 0. The summed E-state index contributed by atoms with van der Waals surface area (Å²) in [6.45, 7) is 6.42. The van der Waals surface area contributed by atoms with Crippen LogP contribution >= 0.6 is 0 Å². The molecule has 0 rings (SSSR count). The Kier molecular flexibility index (Phi) is 41.5. The van der Waals surface area contributed by atoms with Gasteiger partial charge in [0.2, 0.25) is 0 Å². The monoisotopic (exact) mass is 769 g/mol. The zero-order valence-corrected chi connectivity index (χ0v) is 35.9. The van der Waals surface area contributed by atoms with E-state index in [2.05, 4.69) is 81.5 Å². The second-order valence-electron chi connectivity index (χ2n) is 14.9. The van der Waals surface area contributed by atoms with Gasteiger partial charge in [0.15, 0.2) is 6.10 Å². The van der Waals surface area contributed by atoms with Gasteiger partial charge in [-0.05, 0) is 77.0 Å². The summed E-state index contributed by atoms with van der Waals surface area (Å²) in [5.74, 6) is -0.947. The fraction of sp³-hybridized carbons (Fsp3) is 0.735. The van der Waals surface area contributed by atoms with Crippen LogP contribution < -0.4 is 0 Å². The molecule has 0 aromatic heterocycles. The van der Waals surface area contributed by atoms with Crippen molar-refractivity contribution in [3.63, 3.8) is 0 Å². The fourth-order valence-corrected chi connectivity index (χ4v) is 6.06. The van der Waals surface area contributed by atoms with Crippen molar-refractivity contribution in [3.05, 3.63) is 60.8 Å². The van der Waals surface area contributed by atoms with Crippen LogP contribution in [-0.2, 0) is 28.6 Å². The number of esters is 3. The second kappa shape index (κ2) is 43.8. The molecule has 0 aliphatic carbocycles. The van der Waals surface area contributed by atoms with Crippen LogP contribution in [0.4, 0.5) is 0 Å². The third kappa shape index (κ3) is 42.1. The van der Waals surface area contributed by atoms with E-state index in [1.54, 1.807) is 0 Å². The van der Waals surface area contributed by atoms with E-state index in [1.807, 2.05) is 0 Å². The molecule has 6 heteroatoms. The number of hydrogen-bond donors (Lipinski definition) is 0. The summed E-state index contributed by atoms with van der Waals surface area (Å²) in [7, 11) is 0. The molecule has 55 heavy (non-hydrogen) atoms. The third-order valence-corrected chi connectivity index (χ3v) is 9.51. The normalized spacial score (nSPS) is 12.6. The third-order valence-electron chi connectivity index (χ3n) is 9.51. The SMILES string of the molecule is CC/C=C\C/C=C\C/C=C\C/C=C\CCCCC(=O)OC[C@@H](COC(=O)CCCCCCCCCCCCC)OC(=O)CCCCCCC/C=C\CCCC. The van der Waals surface area contributed by atoms with Crippen molar-refractivity contribution in [3.8, 4) is 0 Å².